The number of nitrogens with zero attached hydrogens (tertiary/aromatic N) is 1. The van der Waals surface area contributed by atoms with Crippen molar-refractivity contribution in [3.8, 4) is 11.5 Å². The summed E-state index contributed by atoms with van der Waals surface area (Å²) in [7, 11) is 1.55. The van der Waals surface area contributed by atoms with Gasteiger partial charge in [-0.15, -0.1) is 0 Å². The van der Waals surface area contributed by atoms with Gasteiger partial charge in [0.05, 0.1) is 13.7 Å². The van der Waals surface area contributed by atoms with Crippen molar-refractivity contribution in [2.75, 3.05) is 20.3 Å². The van der Waals surface area contributed by atoms with Crippen molar-refractivity contribution in [1.82, 2.24) is 10.2 Å². The summed E-state index contributed by atoms with van der Waals surface area (Å²) >= 11 is 0. The van der Waals surface area contributed by atoms with Crippen molar-refractivity contribution >= 4 is 18.0 Å². The Balaban J connectivity index is 1.59. The van der Waals surface area contributed by atoms with Crippen molar-refractivity contribution in [2.24, 2.45) is 5.92 Å². The van der Waals surface area contributed by atoms with Gasteiger partial charge in [-0.25, -0.2) is 4.79 Å². The summed E-state index contributed by atoms with van der Waals surface area (Å²) in [6, 6.07) is 5.06. The number of aliphatic hydroxyl groups excluding tert-OH is 1. The molecule has 2 aliphatic rings. The van der Waals surface area contributed by atoms with E-state index in [0.29, 0.717) is 30.3 Å². The van der Waals surface area contributed by atoms with Gasteiger partial charge in [-0.3, -0.25) is 9.69 Å². The number of allylic oxidation sites excluding steroid dienone is 1. The fourth-order valence-electron chi connectivity index (χ4n) is 3.98. The molecule has 0 radical (unpaired) electrons. The molecule has 1 aliphatic heterocycles. The minimum Gasteiger partial charge on any atom is -0.493 e. The van der Waals surface area contributed by atoms with Gasteiger partial charge in [0.25, 0.3) is 5.91 Å². The minimum atomic E-state index is -0.998. The number of hydrogen-bond donors (Lipinski definition) is 2. The maximum absolute atomic E-state index is 12.9. The van der Waals surface area contributed by atoms with Gasteiger partial charge in [0, 0.05) is 0 Å². The number of ether oxygens (including phenoxy) is 2. The molecule has 3 rings (SSSR count). The highest BCUT2D eigenvalue weighted by atomic mass is 16.5. The van der Waals surface area contributed by atoms with Gasteiger partial charge in [0.1, 0.15) is 18.2 Å². The van der Waals surface area contributed by atoms with E-state index in [2.05, 4.69) is 12.2 Å². The first kappa shape index (κ1) is 21.2. The van der Waals surface area contributed by atoms with Gasteiger partial charge in [-0.2, -0.15) is 0 Å². The predicted molar refractivity (Wildman–Crippen MR) is 110 cm³/mol. The Bertz CT molecular complexity index is 783. The van der Waals surface area contributed by atoms with E-state index >= 15 is 0 Å². The summed E-state index contributed by atoms with van der Waals surface area (Å²) in [6.45, 7) is 3.94. The predicted octanol–water partition coefficient (Wildman–Crippen LogP) is 2.97. The Morgan fingerprint density at radius 1 is 1.31 bits per heavy atom. The molecule has 1 heterocycles. The van der Waals surface area contributed by atoms with Crippen LogP contribution in [0.5, 0.6) is 11.5 Å². The molecule has 0 bridgehead atoms. The SMILES string of the molecule is C/C=C\c1ccc(OC[C@@H](O)CN2C(=O)NC3(CCC(C)CC3)C2=O)c(OC)c1. The van der Waals surface area contributed by atoms with E-state index < -0.39 is 17.7 Å². The van der Waals surface area contributed by atoms with Crippen LogP contribution in [0, 0.1) is 5.92 Å². The highest BCUT2D eigenvalue weighted by Crippen LogP contribution is 2.36. The summed E-state index contributed by atoms with van der Waals surface area (Å²) in [4.78, 5) is 26.4. The van der Waals surface area contributed by atoms with Crippen LogP contribution in [-0.4, -0.2) is 53.8 Å². The van der Waals surface area contributed by atoms with Crippen LogP contribution in [0.15, 0.2) is 24.3 Å². The number of carbonyl (C=O) groups excluding carboxylic acids is 2. The van der Waals surface area contributed by atoms with E-state index in [0.717, 1.165) is 23.3 Å². The molecule has 0 aromatic heterocycles. The maximum Gasteiger partial charge on any atom is 0.325 e. The van der Waals surface area contributed by atoms with E-state index in [1.54, 1.807) is 13.2 Å². The van der Waals surface area contributed by atoms with Crippen molar-refractivity contribution < 1.29 is 24.2 Å². The zero-order valence-electron chi connectivity index (χ0n) is 17.3. The Morgan fingerprint density at radius 2 is 2.03 bits per heavy atom. The van der Waals surface area contributed by atoms with Gasteiger partial charge >= 0.3 is 6.03 Å². The number of nitrogens with one attached hydrogen (secondary N) is 1. The number of hydrogen-bond acceptors (Lipinski definition) is 5. The normalized spacial score (nSPS) is 25.5. The molecule has 2 N–H and O–H groups in total. The molecule has 1 spiro atoms. The van der Waals surface area contributed by atoms with Crippen LogP contribution >= 0.6 is 0 Å². The van der Waals surface area contributed by atoms with Gasteiger partial charge in [-0.05, 0) is 56.2 Å². The van der Waals surface area contributed by atoms with Crippen molar-refractivity contribution in [2.45, 2.75) is 51.2 Å². The first-order chi connectivity index (χ1) is 13.9. The lowest BCUT2D eigenvalue weighted by Crippen LogP contribution is -2.49. The molecular formula is C22H30N2O5. The number of aliphatic hydroxyl groups is 1. The Morgan fingerprint density at radius 3 is 2.69 bits per heavy atom. The largest absolute Gasteiger partial charge is 0.493 e. The van der Waals surface area contributed by atoms with Gasteiger partial charge in [0.15, 0.2) is 11.5 Å². The first-order valence-electron chi connectivity index (χ1n) is 10.1. The van der Waals surface area contributed by atoms with E-state index in [9.17, 15) is 14.7 Å². The highest BCUT2D eigenvalue weighted by Gasteiger charge is 2.52. The van der Waals surface area contributed by atoms with E-state index in [-0.39, 0.29) is 19.1 Å². The van der Waals surface area contributed by atoms with Crippen LogP contribution in [0.1, 0.15) is 45.1 Å². The van der Waals surface area contributed by atoms with Crippen LogP contribution in [-0.2, 0) is 4.79 Å². The molecule has 2 fully saturated rings. The van der Waals surface area contributed by atoms with Crippen LogP contribution in [0.25, 0.3) is 6.08 Å². The average molecular weight is 402 g/mol. The number of methoxy groups -OCH3 is 1. The summed E-state index contributed by atoms with van der Waals surface area (Å²) < 4.78 is 11.0. The molecule has 29 heavy (non-hydrogen) atoms. The second kappa shape index (κ2) is 8.86. The Hall–Kier alpha value is -2.54. The molecule has 1 aromatic rings. The third kappa shape index (κ3) is 4.56. The summed E-state index contributed by atoms with van der Waals surface area (Å²) in [5.41, 5.74) is 0.180. The summed E-state index contributed by atoms with van der Waals surface area (Å²) in [5.74, 6) is 1.38. The molecular weight excluding hydrogens is 372 g/mol. The van der Waals surface area contributed by atoms with Gasteiger partial charge < -0.3 is 19.9 Å². The van der Waals surface area contributed by atoms with Crippen LogP contribution in [0.3, 0.4) is 0 Å². The zero-order valence-corrected chi connectivity index (χ0v) is 17.3. The van der Waals surface area contributed by atoms with Crippen molar-refractivity contribution in [3.05, 3.63) is 29.8 Å². The quantitative estimate of drug-likeness (QED) is 0.685. The molecule has 158 valence electrons. The Labute approximate surface area is 171 Å². The molecule has 1 aromatic carbocycles. The van der Waals surface area contributed by atoms with Crippen LogP contribution in [0.4, 0.5) is 4.79 Å². The zero-order chi connectivity index (χ0) is 21.0. The highest BCUT2D eigenvalue weighted by molar-refractivity contribution is 6.07. The van der Waals surface area contributed by atoms with E-state index in [1.807, 2.05) is 31.2 Å². The number of β-amino-alcohol motifs (C(OH)–C–C–N with tert-alkyl or cyclic N) is 1. The molecule has 7 nitrogen and oxygen atoms in total. The number of benzene rings is 1. The number of imide groups is 1. The average Bonchev–Trinajstić information content (AvgIpc) is 2.93. The smallest absolute Gasteiger partial charge is 0.325 e. The number of carbonyl (C=O) groups is 2. The summed E-state index contributed by atoms with van der Waals surface area (Å²) in [5, 5.41) is 13.3. The Kier molecular flexibility index (Phi) is 6.47. The van der Waals surface area contributed by atoms with Crippen molar-refractivity contribution in [3.63, 3.8) is 0 Å². The lowest BCUT2D eigenvalue weighted by molar-refractivity contribution is -0.133. The first-order valence-corrected chi connectivity index (χ1v) is 10.1. The molecule has 1 saturated heterocycles. The lowest BCUT2D eigenvalue weighted by Gasteiger charge is -2.33. The molecule has 1 aliphatic carbocycles. The standard InChI is InChI=1S/C22H30N2O5/c1-4-5-16-6-7-18(19(12-16)28-3)29-14-17(25)13-24-20(26)22(23-21(24)27)10-8-15(2)9-11-22/h4-7,12,15,17,25H,8-11,13-14H2,1-3H3,(H,23,27)/b5-4-/t15?,17-,22?/m0/s1. The molecule has 1 saturated carbocycles. The monoisotopic (exact) mass is 402 g/mol. The van der Waals surface area contributed by atoms with Crippen LogP contribution < -0.4 is 14.8 Å². The van der Waals surface area contributed by atoms with Gasteiger partial charge in [0.2, 0.25) is 0 Å². The fraction of sp³-hybridized carbons (Fsp3) is 0.545. The second-order valence-electron chi connectivity index (χ2n) is 7.99. The number of amides is 3. The second-order valence-corrected chi connectivity index (χ2v) is 7.99. The number of rotatable bonds is 7. The lowest BCUT2D eigenvalue weighted by atomic mass is 9.77. The third-order valence-corrected chi connectivity index (χ3v) is 5.75. The minimum absolute atomic E-state index is 0.0551. The molecule has 1 atom stereocenters. The summed E-state index contributed by atoms with van der Waals surface area (Å²) in [6.07, 6.45) is 6.00. The van der Waals surface area contributed by atoms with Crippen LogP contribution in [0.2, 0.25) is 0 Å². The van der Waals surface area contributed by atoms with Gasteiger partial charge in [-0.1, -0.05) is 25.1 Å². The van der Waals surface area contributed by atoms with E-state index in [4.69, 9.17) is 9.47 Å². The molecule has 7 heteroatoms. The maximum atomic E-state index is 12.9. The topological polar surface area (TPSA) is 88.1 Å². The third-order valence-electron chi connectivity index (χ3n) is 5.75. The van der Waals surface area contributed by atoms with Crippen molar-refractivity contribution in [1.29, 1.82) is 0 Å². The van der Waals surface area contributed by atoms with E-state index in [1.165, 1.54) is 0 Å². The fourth-order valence-corrected chi connectivity index (χ4v) is 3.98. The molecule has 3 amide bonds. The number of urea groups is 1. The molecule has 0 unspecified atom stereocenters.